The molecule has 0 saturated carbocycles. The summed E-state index contributed by atoms with van der Waals surface area (Å²) in [6, 6.07) is 1.49. The van der Waals surface area contributed by atoms with Crippen LogP contribution < -0.4 is 11.3 Å². The molecule has 19 heavy (non-hydrogen) atoms. The zero-order valence-corrected chi connectivity index (χ0v) is 11.8. The van der Waals surface area contributed by atoms with Crippen LogP contribution in [0.25, 0.3) is 0 Å². The Morgan fingerprint density at radius 1 is 1.47 bits per heavy atom. The van der Waals surface area contributed by atoms with Gasteiger partial charge in [0.25, 0.3) is 5.56 Å². The highest BCUT2D eigenvalue weighted by molar-refractivity contribution is 7.99. The highest BCUT2D eigenvalue weighted by atomic mass is 35.5. The average Bonchev–Trinajstić information content (AvgIpc) is 2.33. The summed E-state index contributed by atoms with van der Waals surface area (Å²) in [5.41, 5.74) is 6.05. The first kappa shape index (κ1) is 13.8. The lowest BCUT2D eigenvalue weighted by Gasteiger charge is -2.04. The van der Waals surface area contributed by atoms with E-state index in [1.165, 1.54) is 12.3 Å². The van der Waals surface area contributed by atoms with E-state index in [9.17, 15) is 4.79 Å². The van der Waals surface area contributed by atoms with Gasteiger partial charge in [-0.2, -0.15) is 0 Å². The molecule has 8 heteroatoms. The van der Waals surface area contributed by atoms with Crippen LogP contribution in [0.4, 0.5) is 5.95 Å². The molecule has 0 aromatic carbocycles. The molecule has 0 aliphatic heterocycles. The number of hydrogen-bond donors (Lipinski definition) is 2. The van der Waals surface area contributed by atoms with E-state index in [2.05, 4.69) is 19.9 Å². The Morgan fingerprint density at radius 3 is 3.00 bits per heavy atom. The number of H-pyrrole nitrogens is 1. The zero-order valence-electron chi connectivity index (χ0n) is 10.2. The number of nitrogens with two attached hydrogens (primary N) is 1. The van der Waals surface area contributed by atoms with Crippen LogP contribution in [-0.4, -0.2) is 19.9 Å². The monoisotopic (exact) mass is 297 g/mol. The maximum atomic E-state index is 11.5. The Kier molecular flexibility index (Phi) is 4.39. The Morgan fingerprint density at radius 2 is 2.26 bits per heavy atom. The number of rotatable bonds is 4. The van der Waals surface area contributed by atoms with E-state index >= 15 is 0 Å². The van der Waals surface area contributed by atoms with E-state index in [0.717, 1.165) is 30.3 Å². The molecular weight excluding hydrogens is 286 g/mol. The number of aromatic nitrogens is 4. The van der Waals surface area contributed by atoms with Gasteiger partial charge in [0.1, 0.15) is 5.03 Å². The van der Waals surface area contributed by atoms with Crippen molar-refractivity contribution in [3.05, 3.63) is 33.3 Å². The van der Waals surface area contributed by atoms with Gasteiger partial charge in [0.15, 0.2) is 5.16 Å². The van der Waals surface area contributed by atoms with Crippen LogP contribution in [0.15, 0.2) is 27.2 Å². The predicted octanol–water partition coefficient (Wildman–Crippen LogP) is 1.90. The largest absolute Gasteiger partial charge is 0.368 e. The predicted molar refractivity (Wildman–Crippen MR) is 74.4 cm³/mol. The number of hydrogen-bond acceptors (Lipinski definition) is 6. The maximum Gasteiger partial charge on any atom is 0.251 e. The minimum absolute atomic E-state index is 0.124. The molecule has 3 N–H and O–H groups in total. The van der Waals surface area contributed by atoms with E-state index < -0.39 is 0 Å². The second kappa shape index (κ2) is 6.03. The minimum Gasteiger partial charge on any atom is -0.368 e. The highest BCUT2D eigenvalue weighted by Gasteiger charge is 2.09. The fraction of sp³-hybridized carbons (Fsp3) is 0.273. The summed E-state index contributed by atoms with van der Waals surface area (Å²) >= 11 is 7.12. The molecule has 0 saturated heterocycles. The van der Waals surface area contributed by atoms with Crippen LogP contribution in [0.1, 0.15) is 19.0 Å². The van der Waals surface area contributed by atoms with Gasteiger partial charge in [-0.3, -0.25) is 4.79 Å². The first-order chi connectivity index (χ1) is 9.08. The van der Waals surface area contributed by atoms with Crippen molar-refractivity contribution in [2.75, 3.05) is 5.73 Å². The number of anilines is 1. The molecule has 2 heterocycles. The molecule has 0 unspecified atom stereocenters. The molecule has 0 amide bonds. The number of nitrogens with one attached hydrogen (secondary N) is 1. The Labute approximate surface area is 118 Å². The van der Waals surface area contributed by atoms with E-state index in [1.54, 1.807) is 0 Å². The molecule has 2 aromatic heterocycles. The van der Waals surface area contributed by atoms with Gasteiger partial charge in [0.05, 0.1) is 11.2 Å². The van der Waals surface area contributed by atoms with Crippen molar-refractivity contribution in [3.63, 3.8) is 0 Å². The second-order valence-electron chi connectivity index (χ2n) is 3.78. The molecule has 0 bridgehead atoms. The molecule has 0 spiro atoms. The second-order valence-corrected chi connectivity index (χ2v) is 5.16. The van der Waals surface area contributed by atoms with Crippen molar-refractivity contribution in [1.29, 1.82) is 0 Å². The van der Waals surface area contributed by atoms with Gasteiger partial charge in [-0.25, -0.2) is 15.0 Å². The summed E-state index contributed by atoms with van der Waals surface area (Å²) in [5, 5.41) is 1.27. The summed E-state index contributed by atoms with van der Waals surface area (Å²) in [6.45, 7) is 2.03. The quantitative estimate of drug-likeness (QED) is 0.661. The molecule has 100 valence electrons. The van der Waals surface area contributed by atoms with Gasteiger partial charge in [0.2, 0.25) is 5.95 Å². The molecule has 0 fully saturated rings. The number of nitrogen functional groups attached to an aromatic ring is 1. The molecule has 0 aliphatic carbocycles. The third-order valence-electron chi connectivity index (χ3n) is 2.20. The normalized spacial score (nSPS) is 10.6. The van der Waals surface area contributed by atoms with E-state index in [1.807, 2.05) is 6.92 Å². The van der Waals surface area contributed by atoms with Crippen LogP contribution in [0, 0.1) is 0 Å². The van der Waals surface area contributed by atoms with E-state index in [-0.39, 0.29) is 11.5 Å². The topological polar surface area (TPSA) is 97.5 Å². The van der Waals surface area contributed by atoms with Crippen molar-refractivity contribution in [2.24, 2.45) is 0 Å². The van der Waals surface area contributed by atoms with Crippen LogP contribution in [-0.2, 0) is 6.42 Å². The van der Waals surface area contributed by atoms with Crippen LogP contribution in [0.2, 0.25) is 5.02 Å². The summed E-state index contributed by atoms with van der Waals surface area (Å²) < 4.78 is 0. The fourth-order valence-electron chi connectivity index (χ4n) is 1.44. The van der Waals surface area contributed by atoms with Gasteiger partial charge < -0.3 is 10.7 Å². The van der Waals surface area contributed by atoms with Crippen molar-refractivity contribution in [3.8, 4) is 0 Å². The van der Waals surface area contributed by atoms with Gasteiger partial charge >= 0.3 is 0 Å². The summed E-state index contributed by atoms with van der Waals surface area (Å²) in [6.07, 6.45) is 3.08. The Hall–Kier alpha value is -1.60. The van der Waals surface area contributed by atoms with Crippen molar-refractivity contribution >= 4 is 29.3 Å². The molecule has 2 aromatic rings. The SMILES string of the molecule is CCCc1cc(=O)[nH]c(Sc2nc(N)ncc2Cl)n1. The number of halogens is 1. The zero-order chi connectivity index (χ0) is 13.8. The molecule has 6 nitrogen and oxygen atoms in total. The van der Waals surface area contributed by atoms with Gasteiger partial charge in [0, 0.05) is 11.8 Å². The van der Waals surface area contributed by atoms with Crippen molar-refractivity contribution in [1.82, 2.24) is 19.9 Å². The highest BCUT2D eigenvalue weighted by Crippen LogP contribution is 2.28. The number of nitrogens with zero attached hydrogens (tertiary/aromatic N) is 3. The Balaban J connectivity index is 2.32. The third kappa shape index (κ3) is 3.68. The molecule has 0 atom stereocenters. The third-order valence-corrected chi connectivity index (χ3v) is 3.48. The van der Waals surface area contributed by atoms with Crippen molar-refractivity contribution in [2.45, 2.75) is 29.9 Å². The maximum absolute atomic E-state index is 11.5. The van der Waals surface area contributed by atoms with Gasteiger partial charge in [-0.15, -0.1) is 0 Å². The van der Waals surface area contributed by atoms with Crippen molar-refractivity contribution < 1.29 is 0 Å². The molecular formula is C11H12ClN5OS. The lowest BCUT2D eigenvalue weighted by molar-refractivity contribution is 0.815. The van der Waals surface area contributed by atoms with Crippen LogP contribution in [0.5, 0.6) is 0 Å². The summed E-state index contributed by atoms with van der Waals surface area (Å²) in [4.78, 5) is 26.3. The smallest absolute Gasteiger partial charge is 0.251 e. The molecule has 2 rings (SSSR count). The average molecular weight is 298 g/mol. The lowest BCUT2D eigenvalue weighted by atomic mass is 10.2. The van der Waals surface area contributed by atoms with E-state index in [0.29, 0.717) is 15.2 Å². The first-order valence-electron chi connectivity index (χ1n) is 5.64. The van der Waals surface area contributed by atoms with Crippen LogP contribution >= 0.6 is 23.4 Å². The minimum atomic E-state index is -0.195. The van der Waals surface area contributed by atoms with E-state index in [4.69, 9.17) is 17.3 Å². The standard InChI is InChI=1S/C11H12ClN5OS/c1-2-3-6-4-8(18)16-11(15-6)19-9-7(12)5-14-10(13)17-9/h4-5H,2-3H2,1H3,(H2,13,14,17)(H,15,16,18). The number of aromatic amines is 1. The lowest BCUT2D eigenvalue weighted by Crippen LogP contribution is -2.10. The molecule has 0 radical (unpaired) electrons. The summed E-state index contributed by atoms with van der Waals surface area (Å²) in [7, 11) is 0. The fourth-order valence-corrected chi connectivity index (χ4v) is 2.44. The summed E-state index contributed by atoms with van der Waals surface area (Å²) in [5.74, 6) is 0.124. The first-order valence-corrected chi connectivity index (χ1v) is 6.84. The molecule has 0 aliphatic rings. The van der Waals surface area contributed by atoms with Crippen LogP contribution in [0.3, 0.4) is 0 Å². The van der Waals surface area contributed by atoms with Gasteiger partial charge in [-0.05, 0) is 18.2 Å². The van der Waals surface area contributed by atoms with Gasteiger partial charge in [-0.1, -0.05) is 24.9 Å². The Bertz CT molecular complexity index is 645. The number of aryl methyl sites for hydroxylation is 1.